The van der Waals surface area contributed by atoms with Gasteiger partial charge in [-0.25, -0.2) is 9.97 Å². The molecule has 2 N–H and O–H groups in total. The number of anilines is 1. The summed E-state index contributed by atoms with van der Waals surface area (Å²) in [7, 11) is 0. The highest BCUT2D eigenvalue weighted by Gasteiger charge is 2.70. The van der Waals surface area contributed by atoms with Crippen molar-refractivity contribution in [2.75, 3.05) is 11.9 Å². The van der Waals surface area contributed by atoms with E-state index < -0.39 is 23.1 Å². The number of halogens is 5. The summed E-state index contributed by atoms with van der Waals surface area (Å²) in [6.07, 6.45) is -0.518. The average Bonchev–Trinajstić information content (AvgIpc) is 3.62. The van der Waals surface area contributed by atoms with Crippen molar-refractivity contribution >= 4 is 50.8 Å². The van der Waals surface area contributed by atoms with E-state index in [1.165, 1.54) is 10.8 Å². The molecule has 5 atom stereocenters. The van der Waals surface area contributed by atoms with Gasteiger partial charge in [-0.2, -0.15) is 22.7 Å². The summed E-state index contributed by atoms with van der Waals surface area (Å²) in [5.41, 5.74) is -0.265. The lowest BCUT2D eigenvalue weighted by molar-refractivity contribution is -0.137. The Hall–Kier alpha value is -4.05. The van der Waals surface area contributed by atoms with Crippen LogP contribution >= 0.6 is 27.5 Å². The minimum atomic E-state index is -4.59. The van der Waals surface area contributed by atoms with Crippen molar-refractivity contribution in [1.29, 1.82) is 0 Å². The highest BCUT2D eigenvalue weighted by atomic mass is 79.9. The first kappa shape index (κ1) is 30.3. The average molecular weight is 734 g/mol. The number of nitrogens with one attached hydrogen (secondary N) is 1. The number of aryl methyl sites for hydroxylation is 1. The number of amides is 2. The second-order valence-electron chi connectivity index (χ2n) is 12.6. The van der Waals surface area contributed by atoms with Crippen LogP contribution in [0.25, 0.3) is 5.78 Å². The first-order chi connectivity index (χ1) is 22.3. The molecular weight excluding hydrogens is 709 g/mol. The first-order valence-electron chi connectivity index (χ1n) is 15.0. The molecule has 3 fully saturated rings. The fourth-order valence-corrected chi connectivity index (χ4v) is 8.85. The van der Waals surface area contributed by atoms with E-state index in [9.17, 15) is 32.7 Å². The van der Waals surface area contributed by atoms with Gasteiger partial charge in [0.15, 0.2) is 11.4 Å². The predicted octanol–water partition coefficient (Wildman–Crippen LogP) is 4.45. The molecule has 3 aliphatic carbocycles. The second kappa shape index (κ2) is 10.2. The number of fused-ring (bicyclic) bond motifs is 8. The Bertz CT molecular complexity index is 2100. The van der Waals surface area contributed by atoms with E-state index in [1.54, 1.807) is 16.4 Å². The molecule has 17 heteroatoms. The van der Waals surface area contributed by atoms with Crippen LogP contribution < -0.4 is 10.9 Å². The third kappa shape index (κ3) is 4.36. The zero-order valence-electron chi connectivity index (χ0n) is 24.6. The summed E-state index contributed by atoms with van der Waals surface area (Å²) in [6, 6.07) is 2.52. The highest BCUT2D eigenvalue weighted by Crippen LogP contribution is 2.72. The van der Waals surface area contributed by atoms with Crippen molar-refractivity contribution in [3.8, 4) is 5.75 Å². The van der Waals surface area contributed by atoms with Gasteiger partial charge in [0.05, 0.1) is 22.0 Å². The van der Waals surface area contributed by atoms with E-state index in [1.807, 2.05) is 0 Å². The van der Waals surface area contributed by atoms with E-state index >= 15 is 0 Å². The Morgan fingerprint density at radius 2 is 2.00 bits per heavy atom. The van der Waals surface area contributed by atoms with E-state index in [0.717, 1.165) is 37.5 Å². The molecule has 8 rings (SSSR count). The monoisotopic (exact) mass is 732 g/mol. The van der Waals surface area contributed by atoms with Crippen LogP contribution in [0.5, 0.6) is 5.75 Å². The van der Waals surface area contributed by atoms with Crippen LogP contribution in [0, 0.1) is 18.8 Å². The maximum atomic E-state index is 14.2. The van der Waals surface area contributed by atoms with Crippen molar-refractivity contribution in [2.45, 2.75) is 62.7 Å². The van der Waals surface area contributed by atoms with Gasteiger partial charge < -0.3 is 19.9 Å². The molecule has 0 unspecified atom stereocenters. The number of aromatic hydroxyl groups is 1. The van der Waals surface area contributed by atoms with Crippen LogP contribution in [0.3, 0.4) is 0 Å². The Labute approximate surface area is 277 Å². The van der Waals surface area contributed by atoms with Gasteiger partial charge in [-0.05, 0) is 78.6 Å². The summed E-state index contributed by atoms with van der Waals surface area (Å²) >= 11 is 9.36. The number of hydrogen-bond donors (Lipinski definition) is 2. The third-order valence-electron chi connectivity index (χ3n) is 10.4. The number of likely N-dealkylation sites (tertiary alicyclic amines) is 1. The number of alkyl halides is 3. The van der Waals surface area contributed by atoms with E-state index in [4.69, 9.17) is 11.6 Å². The van der Waals surface area contributed by atoms with Gasteiger partial charge in [0.25, 0.3) is 11.5 Å². The topological polar surface area (TPSA) is 148 Å². The van der Waals surface area contributed by atoms with E-state index in [-0.39, 0.29) is 74.5 Å². The fourth-order valence-electron chi connectivity index (χ4n) is 8.30. The van der Waals surface area contributed by atoms with Crippen molar-refractivity contribution in [3.05, 3.63) is 72.8 Å². The first-order valence-corrected chi connectivity index (χ1v) is 16.2. The van der Waals surface area contributed by atoms with Crippen LogP contribution in [-0.2, 0) is 22.9 Å². The number of benzene rings is 1. The molecule has 1 saturated heterocycles. The number of rotatable bonds is 4. The van der Waals surface area contributed by atoms with Crippen LogP contribution in [0.1, 0.15) is 64.6 Å². The van der Waals surface area contributed by atoms with Crippen molar-refractivity contribution in [3.63, 3.8) is 0 Å². The van der Waals surface area contributed by atoms with Crippen molar-refractivity contribution in [1.82, 2.24) is 34.0 Å². The van der Waals surface area contributed by atoms with Crippen LogP contribution in [0.15, 0.2) is 34.1 Å². The highest BCUT2D eigenvalue weighted by molar-refractivity contribution is 9.10. The molecular formula is C30H25BrClF3N8O4. The maximum Gasteiger partial charge on any atom is 0.416 e. The number of carbonyl (C=O) groups is 2. The SMILES string of the molecule is Cc1ncnc(C(=O)N2CC[C@]3(c4c(n(CC(=O)Nc5ccc(C(F)(F)F)cc5Cl)c5nc(Br)nn5c4=O)[C@H]4C[C@H]43)[C@@H]3CC[C@@H]32)c1O. The number of piperidine rings is 1. The molecule has 12 nitrogen and oxygen atoms in total. The molecule has 244 valence electrons. The molecule has 2 amide bonds. The van der Waals surface area contributed by atoms with Crippen molar-refractivity contribution < 1.29 is 27.9 Å². The summed E-state index contributed by atoms with van der Waals surface area (Å²) in [5, 5.41) is 17.2. The van der Waals surface area contributed by atoms with Crippen LogP contribution in [0.4, 0.5) is 18.9 Å². The standard InChI is InChI=1S/C30H25BrClF3N8O4/c1-12-24(45)22(37-11-36-12)26(47)41-7-6-29(15-3-5-19(15)41)16-9-14(16)23-21(29)25(46)43-28(39-27(31)40-43)42(23)10-20(44)38-18-4-2-13(8-17(18)32)30(33,34)35/h2,4,8,11,14-16,19,45H,3,5-7,9-10H2,1H3,(H,38,44)/t14-,15+,16+,19-,29-/m0/s1. The maximum absolute atomic E-state index is 14.2. The van der Waals surface area contributed by atoms with Gasteiger partial charge >= 0.3 is 6.18 Å². The minimum absolute atomic E-state index is 0.0149. The Balaban J connectivity index is 1.16. The lowest BCUT2D eigenvalue weighted by Crippen LogP contribution is -2.64. The number of carbonyl (C=O) groups excluding carboxylic acids is 2. The molecule has 4 aromatic rings. The number of hydrogen-bond acceptors (Lipinski definition) is 8. The zero-order chi connectivity index (χ0) is 33.2. The van der Waals surface area contributed by atoms with E-state index in [0.29, 0.717) is 29.9 Å². The van der Waals surface area contributed by atoms with Gasteiger partial charge in [0, 0.05) is 35.2 Å². The predicted molar refractivity (Wildman–Crippen MR) is 163 cm³/mol. The third-order valence-corrected chi connectivity index (χ3v) is 11.1. The summed E-state index contributed by atoms with van der Waals surface area (Å²) < 4.78 is 42.5. The van der Waals surface area contributed by atoms with Gasteiger partial charge in [-0.3, -0.25) is 14.4 Å². The van der Waals surface area contributed by atoms with Crippen molar-refractivity contribution in [2.24, 2.45) is 11.8 Å². The zero-order valence-corrected chi connectivity index (χ0v) is 26.9. The molecule has 0 bridgehead atoms. The molecule has 4 aliphatic rings. The molecule has 0 radical (unpaired) electrons. The Kier molecular flexibility index (Phi) is 6.59. The second-order valence-corrected chi connectivity index (χ2v) is 13.7. The molecule has 4 heterocycles. The number of aromatic nitrogens is 6. The summed E-state index contributed by atoms with van der Waals surface area (Å²) in [5.74, 6) is -0.971. The molecule has 3 aromatic heterocycles. The van der Waals surface area contributed by atoms with Gasteiger partial charge in [-0.1, -0.05) is 11.6 Å². The normalized spacial score (nSPS) is 25.7. The van der Waals surface area contributed by atoms with Crippen LogP contribution in [-0.4, -0.2) is 63.5 Å². The quantitative estimate of drug-likeness (QED) is 0.313. The summed E-state index contributed by atoms with van der Waals surface area (Å²) in [6.45, 7) is 1.65. The molecule has 1 aliphatic heterocycles. The van der Waals surface area contributed by atoms with E-state index in [2.05, 4.69) is 41.3 Å². The molecule has 47 heavy (non-hydrogen) atoms. The lowest BCUT2D eigenvalue weighted by Gasteiger charge is -2.58. The molecule has 1 spiro atoms. The van der Waals surface area contributed by atoms with Gasteiger partial charge in [0.1, 0.15) is 12.9 Å². The Morgan fingerprint density at radius 1 is 1.21 bits per heavy atom. The largest absolute Gasteiger partial charge is 0.504 e. The Morgan fingerprint density at radius 3 is 2.70 bits per heavy atom. The fraction of sp³-hybridized carbons (Fsp3) is 0.433. The molecule has 1 aromatic carbocycles. The van der Waals surface area contributed by atoms with Gasteiger partial charge in [0.2, 0.25) is 16.4 Å². The lowest BCUT2D eigenvalue weighted by atomic mass is 9.54. The smallest absolute Gasteiger partial charge is 0.416 e. The molecule has 2 saturated carbocycles. The van der Waals surface area contributed by atoms with Crippen LogP contribution in [0.2, 0.25) is 5.02 Å². The summed E-state index contributed by atoms with van der Waals surface area (Å²) in [4.78, 5) is 55.5. The number of nitrogens with zero attached hydrogens (tertiary/aromatic N) is 7. The minimum Gasteiger partial charge on any atom is -0.504 e. The van der Waals surface area contributed by atoms with Gasteiger partial charge in [-0.15, -0.1) is 5.10 Å².